The van der Waals surface area contributed by atoms with E-state index in [1.807, 2.05) is 30.3 Å². The van der Waals surface area contributed by atoms with E-state index in [0.29, 0.717) is 0 Å². The normalized spacial score (nSPS) is 22.7. The summed E-state index contributed by atoms with van der Waals surface area (Å²) < 4.78 is 23.6. The molecule has 0 radical (unpaired) electrons. The molecule has 4 amide bonds. The Morgan fingerprint density at radius 2 is 1.93 bits per heavy atom. The topological polar surface area (TPSA) is 104 Å². The van der Waals surface area contributed by atoms with Gasteiger partial charge >= 0.3 is 6.03 Å². The molecule has 144 valence electrons. The summed E-state index contributed by atoms with van der Waals surface area (Å²) in [7, 11) is -3.37. The van der Waals surface area contributed by atoms with Crippen molar-refractivity contribution in [3.63, 3.8) is 0 Å². The zero-order valence-electron chi connectivity index (χ0n) is 15.1. The number of amides is 4. The molecule has 9 heteroatoms. The lowest BCUT2D eigenvalue weighted by atomic mass is 10.1. The maximum Gasteiger partial charge on any atom is 0.325 e. The third-order valence-electron chi connectivity index (χ3n) is 4.57. The SMILES string of the molecule is CC1(C)NC(=O)N(CC(=O)N(Cc2ccccc2)[C@@H]2C=CS(=O)(=O)C2)C1=O. The molecular formula is C18H21N3O5S. The van der Waals surface area contributed by atoms with E-state index in [0.717, 1.165) is 15.9 Å². The maximum absolute atomic E-state index is 12.9. The third-order valence-corrected chi connectivity index (χ3v) is 5.94. The number of nitrogens with zero attached hydrogens (tertiary/aromatic N) is 2. The van der Waals surface area contributed by atoms with E-state index in [2.05, 4.69) is 5.32 Å². The first-order chi connectivity index (χ1) is 12.6. The van der Waals surface area contributed by atoms with Crippen molar-refractivity contribution in [2.24, 2.45) is 0 Å². The second-order valence-corrected chi connectivity index (χ2v) is 9.11. The number of carbonyl (C=O) groups excluding carboxylic acids is 3. The van der Waals surface area contributed by atoms with Crippen LogP contribution < -0.4 is 5.32 Å². The van der Waals surface area contributed by atoms with Gasteiger partial charge in [-0.25, -0.2) is 13.2 Å². The lowest BCUT2D eigenvalue weighted by Crippen LogP contribution is -2.47. The highest BCUT2D eigenvalue weighted by molar-refractivity contribution is 7.94. The molecule has 27 heavy (non-hydrogen) atoms. The lowest BCUT2D eigenvalue weighted by Gasteiger charge is -2.29. The Hall–Kier alpha value is -2.68. The smallest absolute Gasteiger partial charge is 0.325 e. The van der Waals surface area contributed by atoms with E-state index in [1.165, 1.54) is 11.0 Å². The fourth-order valence-corrected chi connectivity index (χ4v) is 4.41. The van der Waals surface area contributed by atoms with Crippen molar-refractivity contribution in [2.45, 2.75) is 32.0 Å². The fraction of sp³-hybridized carbons (Fsp3) is 0.389. The van der Waals surface area contributed by atoms with E-state index >= 15 is 0 Å². The van der Waals surface area contributed by atoms with Crippen molar-refractivity contribution >= 4 is 27.7 Å². The van der Waals surface area contributed by atoms with Crippen LogP contribution in [0.15, 0.2) is 41.8 Å². The number of rotatable bonds is 5. The van der Waals surface area contributed by atoms with Crippen LogP contribution in [0.5, 0.6) is 0 Å². The van der Waals surface area contributed by atoms with Gasteiger partial charge in [0.2, 0.25) is 5.91 Å². The van der Waals surface area contributed by atoms with E-state index in [9.17, 15) is 22.8 Å². The number of hydrogen-bond acceptors (Lipinski definition) is 5. The molecule has 0 aromatic heterocycles. The highest BCUT2D eigenvalue weighted by Crippen LogP contribution is 2.20. The predicted octanol–water partition coefficient (Wildman–Crippen LogP) is 0.656. The van der Waals surface area contributed by atoms with Crippen molar-refractivity contribution in [2.75, 3.05) is 12.3 Å². The average Bonchev–Trinajstić information content (AvgIpc) is 3.04. The molecule has 1 atom stereocenters. The molecule has 1 saturated heterocycles. The molecule has 8 nitrogen and oxygen atoms in total. The van der Waals surface area contributed by atoms with E-state index in [-0.39, 0.29) is 12.3 Å². The van der Waals surface area contributed by atoms with Gasteiger partial charge in [0.05, 0.1) is 11.8 Å². The van der Waals surface area contributed by atoms with Crippen LogP contribution in [0.1, 0.15) is 19.4 Å². The maximum atomic E-state index is 12.9. The Morgan fingerprint density at radius 3 is 2.44 bits per heavy atom. The Kier molecular flexibility index (Phi) is 4.81. The van der Waals surface area contributed by atoms with Crippen LogP contribution >= 0.6 is 0 Å². The van der Waals surface area contributed by atoms with Gasteiger partial charge in [0.15, 0.2) is 9.84 Å². The zero-order valence-corrected chi connectivity index (χ0v) is 15.9. The van der Waals surface area contributed by atoms with Crippen LogP contribution in [0.25, 0.3) is 0 Å². The summed E-state index contributed by atoms with van der Waals surface area (Å²) in [5.41, 5.74) is -0.251. The quantitative estimate of drug-likeness (QED) is 0.743. The number of carbonyl (C=O) groups is 3. The first kappa shape index (κ1) is 19.1. The molecule has 1 fully saturated rings. The molecule has 0 aliphatic carbocycles. The van der Waals surface area contributed by atoms with Gasteiger partial charge < -0.3 is 10.2 Å². The van der Waals surface area contributed by atoms with E-state index in [1.54, 1.807) is 13.8 Å². The van der Waals surface area contributed by atoms with E-state index in [4.69, 9.17) is 0 Å². The minimum Gasteiger partial charge on any atom is -0.329 e. The number of hydrogen-bond donors (Lipinski definition) is 1. The summed E-state index contributed by atoms with van der Waals surface area (Å²) >= 11 is 0. The van der Waals surface area contributed by atoms with Gasteiger partial charge in [0, 0.05) is 12.0 Å². The predicted molar refractivity (Wildman–Crippen MR) is 98.0 cm³/mol. The molecule has 0 unspecified atom stereocenters. The molecule has 0 spiro atoms. The molecule has 3 rings (SSSR count). The highest BCUT2D eigenvalue weighted by Gasteiger charge is 2.45. The minimum absolute atomic E-state index is 0.178. The molecule has 2 aliphatic heterocycles. The van der Waals surface area contributed by atoms with Gasteiger partial charge in [-0.2, -0.15) is 0 Å². The van der Waals surface area contributed by atoms with Crippen molar-refractivity contribution < 1.29 is 22.8 Å². The first-order valence-corrected chi connectivity index (χ1v) is 10.2. The summed E-state index contributed by atoms with van der Waals surface area (Å²) in [5, 5.41) is 3.62. The number of urea groups is 1. The Morgan fingerprint density at radius 1 is 1.26 bits per heavy atom. The van der Waals surface area contributed by atoms with Gasteiger partial charge in [0.25, 0.3) is 5.91 Å². The Bertz CT molecular complexity index is 908. The summed E-state index contributed by atoms with van der Waals surface area (Å²) in [5.74, 6) is -1.20. The molecule has 1 N–H and O–H groups in total. The second-order valence-electron chi connectivity index (χ2n) is 7.18. The summed E-state index contributed by atoms with van der Waals surface area (Å²) in [6.45, 7) is 2.86. The van der Waals surface area contributed by atoms with Crippen molar-refractivity contribution in [3.05, 3.63) is 47.4 Å². The van der Waals surface area contributed by atoms with Crippen molar-refractivity contribution in [1.82, 2.24) is 15.1 Å². The van der Waals surface area contributed by atoms with Crippen LogP contribution in [-0.4, -0.2) is 59.9 Å². The van der Waals surface area contributed by atoms with Gasteiger partial charge in [-0.1, -0.05) is 30.3 Å². The molecule has 1 aromatic carbocycles. The largest absolute Gasteiger partial charge is 0.329 e. The molecular weight excluding hydrogens is 370 g/mol. The van der Waals surface area contributed by atoms with E-state index < -0.39 is 45.8 Å². The average molecular weight is 391 g/mol. The lowest BCUT2D eigenvalue weighted by molar-refractivity contribution is -0.139. The molecule has 1 aromatic rings. The van der Waals surface area contributed by atoms with Crippen molar-refractivity contribution in [3.8, 4) is 0 Å². The van der Waals surface area contributed by atoms with Gasteiger partial charge in [0.1, 0.15) is 12.1 Å². The Balaban J connectivity index is 1.82. The second kappa shape index (κ2) is 6.80. The molecule has 0 saturated carbocycles. The number of sulfone groups is 1. The van der Waals surface area contributed by atoms with Crippen LogP contribution in [0.2, 0.25) is 0 Å². The van der Waals surface area contributed by atoms with Crippen molar-refractivity contribution in [1.29, 1.82) is 0 Å². The van der Waals surface area contributed by atoms with Crippen LogP contribution in [0.3, 0.4) is 0 Å². The van der Waals surface area contributed by atoms with Crippen LogP contribution in [0, 0.1) is 0 Å². The Labute approximate surface area is 157 Å². The fourth-order valence-electron chi connectivity index (χ4n) is 3.11. The zero-order chi connectivity index (χ0) is 19.8. The standard InChI is InChI=1S/C18H21N3O5S/c1-18(2)16(23)21(17(24)19-18)11-15(22)20(10-13-6-4-3-5-7-13)14-8-9-27(25,26)12-14/h3-9,14H,10-12H2,1-2H3,(H,19,24)/t14-/m1/s1. The van der Waals surface area contributed by atoms with Gasteiger partial charge in [-0.05, 0) is 25.5 Å². The summed E-state index contributed by atoms with van der Waals surface area (Å²) in [6.07, 6.45) is 1.46. The van der Waals surface area contributed by atoms with Gasteiger partial charge in [-0.3, -0.25) is 14.5 Å². The van der Waals surface area contributed by atoms with Gasteiger partial charge in [-0.15, -0.1) is 0 Å². The number of benzene rings is 1. The van der Waals surface area contributed by atoms with Crippen LogP contribution in [0.4, 0.5) is 4.79 Å². The molecule has 2 aliphatic rings. The minimum atomic E-state index is -3.37. The third kappa shape index (κ3) is 4.02. The number of imide groups is 1. The monoisotopic (exact) mass is 391 g/mol. The van der Waals surface area contributed by atoms with Crippen LogP contribution in [-0.2, 0) is 26.0 Å². The first-order valence-electron chi connectivity index (χ1n) is 8.47. The molecule has 0 bridgehead atoms. The number of nitrogens with one attached hydrogen (secondary N) is 1. The molecule has 2 heterocycles. The summed E-state index contributed by atoms with van der Waals surface area (Å²) in [4.78, 5) is 39.6. The highest BCUT2D eigenvalue weighted by atomic mass is 32.2. The summed E-state index contributed by atoms with van der Waals surface area (Å²) in [6, 6.07) is 7.85.